The van der Waals surface area contributed by atoms with Gasteiger partial charge >= 0.3 is 0 Å². The normalized spacial score (nSPS) is 15.0. The molecule has 27 heavy (non-hydrogen) atoms. The molecule has 1 aliphatic rings. The highest BCUT2D eigenvalue weighted by atomic mass is 35.5. The lowest BCUT2D eigenvalue weighted by molar-refractivity contribution is 0.570. The van der Waals surface area contributed by atoms with Gasteiger partial charge in [0.25, 0.3) is 0 Å². The van der Waals surface area contributed by atoms with Crippen molar-refractivity contribution in [3.63, 3.8) is 0 Å². The molecule has 3 aromatic rings. The lowest BCUT2D eigenvalue weighted by Crippen LogP contribution is -2.47. The van der Waals surface area contributed by atoms with Gasteiger partial charge in [0, 0.05) is 44.9 Å². The first-order valence-corrected chi connectivity index (χ1v) is 9.43. The summed E-state index contributed by atoms with van der Waals surface area (Å²) in [6.07, 6.45) is 3.79. The second-order valence-corrected chi connectivity index (χ2v) is 7.02. The van der Waals surface area contributed by atoms with Gasteiger partial charge in [-0.1, -0.05) is 18.5 Å². The Balaban J connectivity index is 1.53. The van der Waals surface area contributed by atoms with Crippen molar-refractivity contribution in [1.29, 1.82) is 0 Å². The Morgan fingerprint density at radius 1 is 1.00 bits per heavy atom. The average Bonchev–Trinajstić information content (AvgIpc) is 3.07. The number of nitrogens with zero attached hydrogens (tertiary/aromatic N) is 5. The van der Waals surface area contributed by atoms with Crippen LogP contribution in [0.5, 0.6) is 0 Å². The highest BCUT2D eigenvalue weighted by molar-refractivity contribution is 6.36. The van der Waals surface area contributed by atoms with E-state index in [2.05, 4.69) is 22.0 Å². The Bertz CT molecular complexity index is 966. The van der Waals surface area contributed by atoms with E-state index in [1.165, 1.54) is 12.1 Å². The molecule has 1 aliphatic heterocycles. The maximum absolute atomic E-state index is 14.0. The van der Waals surface area contributed by atoms with Crippen LogP contribution in [0.15, 0.2) is 30.5 Å². The second kappa shape index (κ2) is 7.31. The lowest BCUT2D eigenvalue weighted by Gasteiger charge is -2.37. The van der Waals surface area contributed by atoms with Crippen LogP contribution in [0.25, 0.3) is 5.65 Å². The Morgan fingerprint density at radius 3 is 2.37 bits per heavy atom. The number of hydrogen-bond acceptors (Lipinski definition) is 4. The third-order valence-electron chi connectivity index (χ3n) is 4.91. The van der Waals surface area contributed by atoms with Gasteiger partial charge in [-0.25, -0.2) is 8.78 Å². The van der Waals surface area contributed by atoms with Crippen molar-refractivity contribution in [2.45, 2.75) is 19.8 Å². The van der Waals surface area contributed by atoms with Crippen molar-refractivity contribution in [3.8, 4) is 0 Å². The third-order valence-corrected chi connectivity index (χ3v) is 5.28. The maximum Gasteiger partial charge on any atom is 0.181 e. The molecular formula is C19H20ClF2N5. The molecule has 0 spiro atoms. The molecule has 3 heterocycles. The first kappa shape index (κ1) is 18.0. The summed E-state index contributed by atoms with van der Waals surface area (Å²) in [5.74, 6) is -0.196. The lowest BCUT2D eigenvalue weighted by atomic mass is 10.2. The van der Waals surface area contributed by atoms with Crippen LogP contribution in [0.2, 0.25) is 5.02 Å². The zero-order valence-electron chi connectivity index (χ0n) is 15.0. The molecule has 0 amide bonds. The predicted octanol–water partition coefficient (Wildman–Crippen LogP) is 3.94. The van der Waals surface area contributed by atoms with Gasteiger partial charge in [-0.2, -0.15) is 0 Å². The number of anilines is 2. The summed E-state index contributed by atoms with van der Waals surface area (Å²) in [6.45, 7) is 4.71. The number of pyridine rings is 1. The molecule has 0 saturated carbocycles. The Morgan fingerprint density at radius 2 is 1.70 bits per heavy atom. The number of rotatable bonds is 4. The monoisotopic (exact) mass is 391 g/mol. The number of piperazine rings is 1. The van der Waals surface area contributed by atoms with Gasteiger partial charge in [-0.05, 0) is 24.6 Å². The summed E-state index contributed by atoms with van der Waals surface area (Å²) < 4.78 is 29.1. The molecule has 0 aliphatic carbocycles. The summed E-state index contributed by atoms with van der Waals surface area (Å²) in [4.78, 5) is 4.09. The van der Waals surface area contributed by atoms with Gasteiger partial charge in [-0.3, -0.25) is 4.40 Å². The number of fused-ring (bicyclic) bond motifs is 1. The van der Waals surface area contributed by atoms with Crippen LogP contribution in [-0.2, 0) is 6.42 Å². The molecule has 0 radical (unpaired) electrons. The summed E-state index contributed by atoms with van der Waals surface area (Å²) in [5.41, 5.74) is 1.99. The van der Waals surface area contributed by atoms with Gasteiger partial charge in [0.05, 0.1) is 11.4 Å². The van der Waals surface area contributed by atoms with Gasteiger partial charge in [0.15, 0.2) is 5.65 Å². The molecule has 8 heteroatoms. The van der Waals surface area contributed by atoms with E-state index in [0.29, 0.717) is 42.5 Å². The first-order valence-electron chi connectivity index (χ1n) is 9.05. The van der Waals surface area contributed by atoms with E-state index < -0.39 is 11.6 Å². The quantitative estimate of drug-likeness (QED) is 0.675. The summed E-state index contributed by atoms with van der Waals surface area (Å²) in [7, 11) is 0. The molecule has 1 aromatic carbocycles. The topological polar surface area (TPSA) is 36.7 Å². The number of halogens is 3. The molecule has 1 fully saturated rings. The Labute approximate surface area is 161 Å². The summed E-state index contributed by atoms with van der Waals surface area (Å²) in [6, 6.07) is 5.68. The van der Waals surface area contributed by atoms with Crippen LogP contribution in [-0.4, -0.2) is 40.8 Å². The summed E-state index contributed by atoms with van der Waals surface area (Å²) in [5, 5.41) is 9.04. The smallest absolute Gasteiger partial charge is 0.181 e. The molecule has 0 atom stereocenters. The number of benzene rings is 1. The van der Waals surface area contributed by atoms with E-state index in [0.717, 1.165) is 30.4 Å². The maximum atomic E-state index is 14.0. The fourth-order valence-corrected chi connectivity index (χ4v) is 3.84. The van der Waals surface area contributed by atoms with E-state index in [4.69, 9.17) is 11.6 Å². The predicted molar refractivity (Wildman–Crippen MR) is 103 cm³/mol. The minimum absolute atomic E-state index is 0.430. The van der Waals surface area contributed by atoms with Crippen molar-refractivity contribution in [3.05, 3.63) is 52.9 Å². The fourth-order valence-electron chi connectivity index (χ4n) is 3.53. The Hall–Kier alpha value is -2.41. The highest BCUT2D eigenvalue weighted by Crippen LogP contribution is 2.31. The van der Waals surface area contributed by atoms with E-state index >= 15 is 0 Å². The van der Waals surface area contributed by atoms with Crippen molar-refractivity contribution < 1.29 is 8.78 Å². The van der Waals surface area contributed by atoms with Gasteiger partial charge < -0.3 is 9.80 Å². The number of hydrogen-bond donors (Lipinski definition) is 0. The Kier molecular flexibility index (Phi) is 4.86. The van der Waals surface area contributed by atoms with E-state index in [9.17, 15) is 8.78 Å². The standard InChI is InChI=1S/C19H20ClF2N5/c1-2-3-17-23-24-19-18(20)16(6-7-27(17)19)26-10-8-25(9-11-26)15-5-4-13(21)12-14(15)22/h4-7,12H,2-3,8-11H2,1H3. The molecule has 1 saturated heterocycles. The van der Waals surface area contributed by atoms with E-state index in [1.807, 2.05) is 21.6 Å². The molecule has 0 N–H and O–H groups in total. The zero-order chi connectivity index (χ0) is 19.0. The zero-order valence-corrected chi connectivity index (χ0v) is 15.8. The van der Waals surface area contributed by atoms with Crippen molar-refractivity contribution in [2.24, 2.45) is 0 Å². The SMILES string of the molecule is CCCc1nnc2c(Cl)c(N3CCN(c4ccc(F)cc4F)CC3)ccn12. The number of aryl methyl sites for hydroxylation is 1. The average molecular weight is 392 g/mol. The first-order chi connectivity index (χ1) is 13.1. The minimum atomic E-state index is -0.564. The minimum Gasteiger partial charge on any atom is -0.367 e. The molecule has 0 bridgehead atoms. The molecule has 2 aromatic heterocycles. The van der Waals surface area contributed by atoms with Crippen molar-refractivity contribution in [1.82, 2.24) is 14.6 Å². The van der Waals surface area contributed by atoms with Crippen LogP contribution in [0.4, 0.5) is 20.2 Å². The molecule has 5 nitrogen and oxygen atoms in total. The second-order valence-electron chi connectivity index (χ2n) is 6.64. The van der Waals surface area contributed by atoms with Crippen LogP contribution >= 0.6 is 11.6 Å². The van der Waals surface area contributed by atoms with Gasteiger partial charge in [0.2, 0.25) is 0 Å². The number of aromatic nitrogens is 3. The largest absolute Gasteiger partial charge is 0.367 e. The van der Waals surface area contributed by atoms with Crippen LogP contribution in [0, 0.1) is 11.6 Å². The molecule has 0 unspecified atom stereocenters. The molecule has 4 rings (SSSR count). The third kappa shape index (κ3) is 3.32. The van der Waals surface area contributed by atoms with Crippen molar-refractivity contribution in [2.75, 3.05) is 36.0 Å². The van der Waals surface area contributed by atoms with E-state index in [1.54, 1.807) is 0 Å². The van der Waals surface area contributed by atoms with Gasteiger partial charge in [-0.15, -0.1) is 10.2 Å². The highest BCUT2D eigenvalue weighted by Gasteiger charge is 2.23. The van der Waals surface area contributed by atoms with E-state index in [-0.39, 0.29) is 0 Å². The summed E-state index contributed by atoms with van der Waals surface area (Å²) >= 11 is 6.60. The van der Waals surface area contributed by atoms with Crippen molar-refractivity contribution >= 4 is 28.6 Å². The van der Waals surface area contributed by atoms with Gasteiger partial charge in [0.1, 0.15) is 22.5 Å². The van der Waals surface area contributed by atoms with Crippen LogP contribution < -0.4 is 9.80 Å². The van der Waals surface area contributed by atoms with Crippen LogP contribution in [0.3, 0.4) is 0 Å². The van der Waals surface area contributed by atoms with Crippen LogP contribution in [0.1, 0.15) is 19.2 Å². The molecule has 142 valence electrons. The molecular weight excluding hydrogens is 372 g/mol. The fraction of sp³-hybridized carbons (Fsp3) is 0.368.